The molecule has 0 bridgehead atoms. The average molecular weight is 615 g/mol. The number of hydrazone groups is 1. The number of halogens is 6. The van der Waals surface area contributed by atoms with Crippen LogP contribution in [0.5, 0.6) is 0 Å². The van der Waals surface area contributed by atoms with Gasteiger partial charge in [-0.15, -0.1) is 12.4 Å². The van der Waals surface area contributed by atoms with Crippen LogP contribution in [0.4, 0.5) is 8.78 Å². The number of alkyl halides is 2. The average Bonchev–Trinajstić information content (AvgIpc) is 3.38. The summed E-state index contributed by atoms with van der Waals surface area (Å²) in [5, 5.41) is 4.45. The third-order valence-electron chi connectivity index (χ3n) is 6.77. The minimum Gasteiger partial charge on any atom is -0.362 e. The van der Waals surface area contributed by atoms with Gasteiger partial charge in [0.05, 0.1) is 40.5 Å². The highest BCUT2D eigenvalue weighted by Gasteiger charge is 2.52. The summed E-state index contributed by atoms with van der Waals surface area (Å²) in [7, 11) is -3.42. The van der Waals surface area contributed by atoms with E-state index >= 15 is 0 Å². The second-order valence-corrected chi connectivity index (χ2v) is 12.7. The molecule has 0 aliphatic carbocycles. The first-order chi connectivity index (χ1) is 16.8. The summed E-state index contributed by atoms with van der Waals surface area (Å²) in [5.41, 5.74) is 3.09. The Morgan fingerprint density at radius 1 is 1.19 bits per heavy atom. The fraction of sp³-hybridized carbons (Fsp3) is 0.391. The van der Waals surface area contributed by atoms with Crippen LogP contribution >= 0.6 is 47.2 Å². The number of fused-ring (bicyclic) bond motifs is 2. The van der Waals surface area contributed by atoms with Gasteiger partial charge < -0.3 is 9.64 Å². The molecule has 1 N–H and O–H groups in total. The van der Waals surface area contributed by atoms with E-state index < -0.39 is 39.1 Å². The summed E-state index contributed by atoms with van der Waals surface area (Å²) < 4.78 is 57.6. The van der Waals surface area contributed by atoms with Crippen molar-refractivity contribution in [1.29, 1.82) is 0 Å². The fourth-order valence-corrected chi connectivity index (χ4v) is 6.09. The summed E-state index contributed by atoms with van der Waals surface area (Å²) in [6, 6.07) is 8.19. The monoisotopic (exact) mass is 613 g/mol. The number of rotatable bonds is 5. The lowest BCUT2D eigenvalue weighted by molar-refractivity contribution is -0.166. The quantitative estimate of drug-likeness (QED) is 0.500. The van der Waals surface area contributed by atoms with Crippen LogP contribution in [0.15, 0.2) is 35.4 Å². The van der Waals surface area contributed by atoms with Gasteiger partial charge in [-0.05, 0) is 40.5 Å². The molecule has 3 aliphatic heterocycles. The van der Waals surface area contributed by atoms with Crippen molar-refractivity contribution in [2.45, 2.75) is 30.6 Å². The number of benzene rings is 2. The van der Waals surface area contributed by atoms with E-state index in [0.717, 1.165) is 17.4 Å². The van der Waals surface area contributed by atoms with Crippen molar-refractivity contribution in [1.82, 2.24) is 10.3 Å². The van der Waals surface area contributed by atoms with E-state index in [1.807, 2.05) is 12.1 Å². The van der Waals surface area contributed by atoms with E-state index in [2.05, 4.69) is 10.5 Å². The molecule has 1 unspecified atom stereocenters. The molecule has 14 heteroatoms. The maximum Gasteiger partial charge on any atom is 0.267 e. The van der Waals surface area contributed by atoms with Crippen LogP contribution in [0.2, 0.25) is 15.1 Å². The minimum absolute atomic E-state index is 0. The molecule has 1 spiro atoms. The van der Waals surface area contributed by atoms with Gasteiger partial charge >= 0.3 is 0 Å². The molecule has 0 saturated carbocycles. The Bertz CT molecular complexity index is 1390. The van der Waals surface area contributed by atoms with Gasteiger partial charge in [-0.2, -0.15) is 5.10 Å². The van der Waals surface area contributed by atoms with E-state index in [4.69, 9.17) is 39.5 Å². The highest BCUT2D eigenvalue weighted by atomic mass is 35.5. The predicted molar refractivity (Wildman–Crippen MR) is 140 cm³/mol. The van der Waals surface area contributed by atoms with Gasteiger partial charge in [0.25, 0.3) is 6.43 Å². The van der Waals surface area contributed by atoms with Gasteiger partial charge in [0.15, 0.2) is 9.84 Å². The molecule has 2 aromatic rings. The standard InChI is InChI=1S/C23H20Cl3F2N3O4S.ClH/c1-36(33,34)9-19(32)31-10-22(11-31)15-3-2-12(4-13(15)8-35-22)18-7-23(21(27)28,30-29-18)14-5-16(24)20(26)17(25)6-14;/h2-6,21,30H,7-11H2,1H3;1H. The zero-order chi connectivity index (χ0) is 26.0. The van der Waals surface area contributed by atoms with Crippen molar-refractivity contribution in [3.63, 3.8) is 0 Å². The van der Waals surface area contributed by atoms with Crippen molar-refractivity contribution in [2.75, 3.05) is 25.1 Å². The van der Waals surface area contributed by atoms with Crippen LogP contribution in [0, 0.1) is 0 Å². The Kier molecular flexibility index (Phi) is 7.51. The number of ether oxygens (including phenoxy) is 1. The van der Waals surface area contributed by atoms with Gasteiger partial charge in [-0.1, -0.05) is 46.9 Å². The SMILES string of the molecule is CS(=O)(=O)CC(=O)N1CC2(C1)OCc1cc(C3=NNC(c4cc(Cl)c(Cl)c(Cl)c4)(C(F)F)C3)ccc12.Cl. The van der Waals surface area contributed by atoms with Gasteiger partial charge in [0.2, 0.25) is 5.91 Å². The molecular weight excluding hydrogens is 594 g/mol. The van der Waals surface area contributed by atoms with Crippen molar-refractivity contribution >= 4 is 68.7 Å². The molecule has 0 radical (unpaired) electrons. The first-order valence-electron chi connectivity index (χ1n) is 10.8. The Morgan fingerprint density at radius 3 is 2.43 bits per heavy atom. The zero-order valence-corrected chi connectivity index (χ0v) is 23.1. The number of likely N-dealkylation sites (tertiary alicyclic amines) is 1. The van der Waals surface area contributed by atoms with Crippen LogP contribution in [0.3, 0.4) is 0 Å². The van der Waals surface area contributed by atoms with E-state index in [-0.39, 0.29) is 59.2 Å². The smallest absolute Gasteiger partial charge is 0.267 e. The largest absolute Gasteiger partial charge is 0.362 e. The van der Waals surface area contributed by atoms with E-state index in [1.54, 1.807) is 6.07 Å². The number of carbonyl (C=O) groups is 1. The number of carbonyl (C=O) groups excluding carboxylic acids is 1. The number of hydrogen-bond acceptors (Lipinski definition) is 6. The third kappa shape index (κ3) is 4.92. The fourth-order valence-electron chi connectivity index (χ4n) is 4.86. The number of sulfone groups is 1. The third-order valence-corrected chi connectivity index (χ3v) is 8.74. The summed E-state index contributed by atoms with van der Waals surface area (Å²) in [4.78, 5) is 13.7. The molecule has 37 heavy (non-hydrogen) atoms. The number of hydrogen-bond donors (Lipinski definition) is 1. The first kappa shape index (κ1) is 28.3. The number of amides is 1. The number of nitrogens with one attached hydrogen (secondary N) is 1. The second-order valence-electron chi connectivity index (χ2n) is 9.35. The van der Waals surface area contributed by atoms with Gasteiger partial charge in [-0.25, -0.2) is 17.2 Å². The van der Waals surface area contributed by atoms with Gasteiger partial charge in [0.1, 0.15) is 16.9 Å². The molecule has 5 rings (SSSR count). The summed E-state index contributed by atoms with van der Waals surface area (Å²) in [6.45, 7) is 0.784. The van der Waals surface area contributed by atoms with Gasteiger partial charge in [-0.3, -0.25) is 10.2 Å². The normalized spacial score (nSPS) is 21.8. The summed E-state index contributed by atoms with van der Waals surface area (Å²) >= 11 is 18.2. The van der Waals surface area contributed by atoms with E-state index in [0.29, 0.717) is 11.3 Å². The Balaban J connectivity index is 0.00000320. The summed E-state index contributed by atoms with van der Waals surface area (Å²) in [5.74, 6) is -1.01. The van der Waals surface area contributed by atoms with Crippen molar-refractivity contribution < 1.29 is 26.7 Å². The molecule has 7 nitrogen and oxygen atoms in total. The molecule has 2 aromatic carbocycles. The first-order valence-corrected chi connectivity index (χ1v) is 14.0. The number of nitrogens with zero attached hydrogens (tertiary/aromatic N) is 2. The van der Waals surface area contributed by atoms with Crippen LogP contribution < -0.4 is 5.43 Å². The zero-order valence-electron chi connectivity index (χ0n) is 19.2. The van der Waals surface area contributed by atoms with Crippen molar-refractivity contribution in [2.24, 2.45) is 5.10 Å². The molecule has 1 fully saturated rings. The predicted octanol–water partition coefficient (Wildman–Crippen LogP) is 4.54. The molecule has 0 aromatic heterocycles. The van der Waals surface area contributed by atoms with Crippen LogP contribution in [-0.2, 0) is 37.1 Å². The lowest BCUT2D eigenvalue weighted by Crippen LogP contribution is -2.62. The highest BCUT2D eigenvalue weighted by Crippen LogP contribution is 2.45. The Morgan fingerprint density at radius 2 is 1.84 bits per heavy atom. The molecule has 3 aliphatic rings. The van der Waals surface area contributed by atoms with E-state index in [1.165, 1.54) is 17.0 Å². The van der Waals surface area contributed by atoms with Crippen LogP contribution in [0.1, 0.15) is 28.7 Å². The van der Waals surface area contributed by atoms with Crippen LogP contribution in [0.25, 0.3) is 0 Å². The van der Waals surface area contributed by atoms with Crippen molar-refractivity contribution in [3.05, 3.63) is 67.7 Å². The maximum absolute atomic E-state index is 14.4. The van der Waals surface area contributed by atoms with Gasteiger partial charge in [0, 0.05) is 12.7 Å². The molecule has 1 saturated heterocycles. The molecule has 3 heterocycles. The lowest BCUT2D eigenvalue weighted by atomic mass is 9.82. The topological polar surface area (TPSA) is 88.1 Å². The molecule has 1 amide bonds. The van der Waals surface area contributed by atoms with Crippen LogP contribution in [-0.4, -0.2) is 56.5 Å². The maximum atomic E-state index is 14.4. The van der Waals surface area contributed by atoms with Crippen molar-refractivity contribution in [3.8, 4) is 0 Å². The lowest BCUT2D eigenvalue weighted by Gasteiger charge is -2.47. The van der Waals surface area contributed by atoms with E-state index in [9.17, 15) is 22.0 Å². The Hall–Kier alpha value is -1.69. The molecular formula is C23H21Cl4F2N3O4S. The second kappa shape index (κ2) is 9.81. The molecule has 1 atom stereocenters. The molecule has 200 valence electrons. The highest BCUT2D eigenvalue weighted by molar-refractivity contribution is 7.91. The summed E-state index contributed by atoms with van der Waals surface area (Å²) in [6.07, 6.45) is -1.92. The Labute approximate surface area is 233 Å². The minimum atomic E-state index is -3.42.